The van der Waals surface area contributed by atoms with E-state index < -0.39 is 5.97 Å². The van der Waals surface area contributed by atoms with Crippen molar-refractivity contribution in [3.63, 3.8) is 0 Å². The molecule has 5 heteroatoms. The van der Waals surface area contributed by atoms with E-state index in [-0.39, 0.29) is 18.4 Å². The predicted octanol–water partition coefficient (Wildman–Crippen LogP) is 1.56. The fourth-order valence-electron chi connectivity index (χ4n) is 2.02. The Morgan fingerprint density at radius 3 is 2.78 bits per heavy atom. The van der Waals surface area contributed by atoms with Crippen molar-refractivity contribution in [3.8, 4) is 0 Å². The number of amides is 1. The highest BCUT2D eigenvalue weighted by Gasteiger charge is 2.21. The second-order valence-electron chi connectivity index (χ2n) is 4.97. The van der Waals surface area contributed by atoms with Crippen molar-refractivity contribution in [2.24, 2.45) is 5.92 Å². The zero-order chi connectivity index (χ0) is 13.4. The van der Waals surface area contributed by atoms with Crippen molar-refractivity contribution in [1.29, 1.82) is 0 Å². The molecular formula is C13H23NO4. The van der Waals surface area contributed by atoms with E-state index >= 15 is 0 Å². The molecule has 0 radical (unpaired) electrons. The molecule has 1 aliphatic heterocycles. The Morgan fingerprint density at radius 1 is 1.39 bits per heavy atom. The quantitative estimate of drug-likeness (QED) is 0.725. The molecule has 1 saturated heterocycles. The number of carbonyl (C=O) groups is 2. The number of aliphatic carboxylic acids is 1. The van der Waals surface area contributed by atoms with Crippen LogP contribution in [0.4, 0.5) is 0 Å². The minimum Gasteiger partial charge on any atom is -0.481 e. The highest BCUT2D eigenvalue weighted by molar-refractivity contribution is 5.80. The molecule has 2 N–H and O–H groups in total. The number of ether oxygens (including phenoxy) is 1. The van der Waals surface area contributed by atoms with E-state index in [1.54, 1.807) is 0 Å². The maximum absolute atomic E-state index is 11.7. The molecule has 0 aromatic carbocycles. The third kappa shape index (κ3) is 6.00. The van der Waals surface area contributed by atoms with Gasteiger partial charge < -0.3 is 15.2 Å². The van der Waals surface area contributed by atoms with Crippen molar-refractivity contribution in [2.75, 3.05) is 13.2 Å². The normalized spacial score (nSPS) is 21.3. The zero-order valence-corrected chi connectivity index (χ0v) is 11.0. The number of rotatable bonds is 7. The van der Waals surface area contributed by atoms with Crippen LogP contribution in [0.1, 0.15) is 45.4 Å². The van der Waals surface area contributed by atoms with Crippen LogP contribution in [-0.2, 0) is 14.3 Å². The van der Waals surface area contributed by atoms with Crippen LogP contribution in [0, 0.1) is 5.92 Å². The molecule has 0 bridgehead atoms. The summed E-state index contributed by atoms with van der Waals surface area (Å²) in [6.07, 6.45) is 4.27. The van der Waals surface area contributed by atoms with Gasteiger partial charge in [-0.05, 0) is 38.0 Å². The number of carboxylic acids is 1. The van der Waals surface area contributed by atoms with Gasteiger partial charge in [0.15, 0.2) is 0 Å². The third-order valence-corrected chi connectivity index (χ3v) is 3.26. The summed E-state index contributed by atoms with van der Waals surface area (Å²) in [6.45, 7) is 3.28. The predicted molar refractivity (Wildman–Crippen MR) is 67.3 cm³/mol. The molecule has 1 fully saturated rings. The molecule has 0 spiro atoms. The smallest absolute Gasteiger partial charge is 0.303 e. The molecule has 18 heavy (non-hydrogen) atoms. The summed E-state index contributed by atoms with van der Waals surface area (Å²) in [4.78, 5) is 22.1. The van der Waals surface area contributed by atoms with Crippen LogP contribution in [0.15, 0.2) is 0 Å². The highest BCUT2D eigenvalue weighted by atomic mass is 16.5. The van der Waals surface area contributed by atoms with Crippen LogP contribution in [-0.4, -0.2) is 36.2 Å². The average Bonchev–Trinajstić information content (AvgIpc) is 2.37. The molecule has 1 heterocycles. The largest absolute Gasteiger partial charge is 0.481 e. The van der Waals surface area contributed by atoms with Crippen LogP contribution in [0.25, 0.3) is 0 Å². The molecule has 1 rings (SSSR count). The van der Waals surface area contributed by atoms with Crippen molar-refractivity contribution >= 4 is 11.9 Å². The summed E-state index contributed by atoms with van der Waals surface area (Å²) in [7, 11) is 0. The summed E-state index contributed by atoms with van der Waals surface area (Å²) in [5, 5.41) is 11.4. The summed E-state index contributed by atoms with van der Waals surface area (Å²) in [6, 6.07) is 0. The molecule has 0 aliphatic carbocycles. The fraction of sp³-hybridized carbons (Fsp3) is 0.846. The molecule has 5 nitrogen and oxygen atoms in total. The first-order valence-corrected chi connectivity index (χ1v) is 6.70. The number of carbonyl (C=O) groups excluding carboxylic acids is 1. The Hall–Kier alpha value is -1.10. The molecule has 0 saturated carbocycles. The van der Waals surface area contributed by atoms with E-state index in [1.165, 1.54) is 0 Å². The van der Waals surface area contributed by atoms with Gasteiger partial charge in [0.1, 0.15) is 6.10 Å². The second kappa shape index (κ2) is 8.08. The van der Waals surface area contributed by atoms with Gasteiger partial charge in [-0.15, -0.1) is 0 Å². The average molecular weight is 257 g/mol. The number of carboxylic acid groups (broad SMARTS) is 1. The lowest BCUT2D eigenvalue weighted by atomic mass is 10.0. The number of hydrogen-bond donors (Lipinski definition) is 2. The van der Waals surface area contributed by atoms with Crippen molar-refractivity contribution < 1.29 is 19.4 Å². The molecule has 1 amide bonds. The van der Waals surface area contributed by atoms with Gasteiger partial charge in [-0.25, -0.2) is 0 Å². The maximum Gasteiger partial charge on any atom is 0.303 e. The maximum atomic E-state index is 11.7. The van der Waals surface area contributed by atoms with Gasteiger partial charge in [-0.1, -0.05) is 6.92 Å². The first-order chi connectivity index (χ1) is 8.59. The summed E-state index contributed by atoms with van der Waals surface area (Å²) in [5.74, 6) is -0.477. The lowest BCUT2D eigenvalue weighted by Gasteiger charge is -2.22. The third-order valence-electron chi connectivity index (χ3n) is 3.26. The highest BCUT2D eigenvalue weighted by Crippen LogP contribution is 2.13. The molecule has 2 unspecified atom stereocenters. The van der Waals surface area contributed by atoms with E-state index in [0.717, 1.165) is 25.7 Å². The van der Waals surface area contributed by atoms with Crippen molar-refractivity contribution in [1.82, 2.24) is 5.32 Å². The Bertz CT molecular complexity index is 274. The van der Waals surface area contributed by atoms with Crippen LogP contribution in [0.5, 0.6) is 0 Å². The minimum atomic E-state index is -0.763. The monoisotopic (exact) mass is 257 g/mol. The van der Waals surface area contributed by atoms with Crippen molar-refractivity contribution in [3.05, 3.63) is 0 Å². The van der Waals surface area contributed by atoms with E-state index in [9.17, 15) is 9.59 Å². The fourth-order valence-corrected chi connectivity index (χ4v) is 2.02. The van der Waals surface area contributed by atoms with E-state index in [4.69, 9.17) is 9.84 Å². The summed E-state index contributed by atoms with van der Waals surface area (Å²) in [5.41, 5.74) is 0. The van der Waals surface area contributed by atoms with Crippen LogP contribution in [0.3, 0.4) is 0 Å². The van der Waals surface area contributed by atoms with Gasteiger partial charge in [0.25, 0.3) is 0 Å². The lowest BCUT2D eigenvalue weighted by Crippen LogP contribution is -2.39. The first kappa shape index (κ1) is 15.0. The Balaban J connectivity index is 2.08. The van der Waals surface area contributed by atoms with Gasteiger partial charge >= 0.3 is 5.97 Å². The standard InChI is InChI=1S/C13H23NO4/c1-10(5-6-12(15)16)7-8-14-13(17)11-4-2-3-9-18-11/h10-11H,2-9H2,1H3,(H,14,17)(H,15,16). The van der Waals surface area contributed by atoms with Crippen molar-refractivity contribution in [2.45, 2.75) is 51.6 Å². The Morgan fingerprint density at radius 2 is 2.17 bits per heavy atom. The Labute approximate surface area is 108 Å². The van der Waals surface area contributed by atoms with Crippen LogP contribution >= 0.6 is 0 Å². The molecule has 0 aromatic rings. The van der Waals surface area contributed by atoms with E-state index in [1.807, 2.05) is 6.92 Å². The van der Waals surface area contributed by atoms with Gasteiger partial charge in [-0.2, -0.15) is 0 Å². The van der Waals surface area contributed by atoms with E-state index in [2.05, 4.69) is 5.32 Å². The van der Waals surface area contributed by atoms with Crippen LogP contribution < -0.4 is 5.32 Å². The molecule has 2 atom stereocenters. The summed E-state index contributed by atoms with van der Waals surface area (Å²) >= 11 is 0. The topological polar surface area (TPSA) is 75.6 Å². The minimum absolute atomic E-state index is 0.0277. The Kier molecular flexibility index (Phi) is 6.72. The van der Waals surface area contributed by atoms with Crippen LogP contribution in [0.2, 0.25) is 0 Å². The molecule has 104 valence electrons. The SMILES string of the molecule is CC(CCNC(=O)C1CCCCO1)CCC(=O)O. The number of hydrogen-bond acceptors (Lipinski definition) is 3. The van der Waals surface area contributed by atoms with Gasteiger partial charge in [0.2, 0.25) is 5.91 Å². The summed E-state index contributed by atoms with van der Waals surface area (Å²) < 4.78 is 5.39. The van der Waals surface area contributed by atoms with Gasteiger partial charge in [0.05, 0.1) is 0 Å². The molecule has 1 aliphatic rings. The first-order valence-electron chi connectivity index (χ1n) is 6.70. The molecular weight excluding hydrogens is 234 g/mol. The van der Waals surface area contributed by atoms with E-state index in [0.29, 0.717) is 25.5 Å². The lowest BCUT2D eigenvalue weighted by molar-refractivity contribution is -0.137. The molecule has 0 aromatic heterocycles. The van der Waals surface area contributed by atoms with Gasteiger partial charge in [0, 0.05) is 19.6 Å². The second-order valence-corrected chi connectivity index (χ2v) is 4.97. The zero-order valence-electron chi connectivity index (χ0n) is 11.0. The van der Waals surface area contributed by atoms with Gasteiger partial charge in [-0.3, -0.25) is 9.59 Å². The number of nitrogens with one attached hydrogen (secondary N) is 1.